The predicted octanol–water partition coefficient (Wildman–Crippen LogP) is 5.79. The third kappa shape index (κ3) is 5.24. The summed E-state index contributed by atoms with van der Waals surface area (Å²) in [5.74, 6) is -0.333. The van der Waals surface area contributed by atoms with Gasteiger partial charge in [-0.05, 0) is 55.0 Å². The summed E-state index contributed by atoms with van der Waals surface area (Å²) in [6, 6.07) is 19.6. The van der Waals surface area contributed by atoms with Crippen LogP contribution in [0, 0.1) is 12.7 Å². The Morgan fingerprint density at radius 3 is 2.14 bits per heavy atom. The maximum absolute atomic E-state index is 13.1. The Morgan fingerprint density at radius 2 is 1.54 bits per heavy atom. The van der Waals surface area contributed by atoms with Gasteiger partial charge in [0.05, 0.1) is 10.6 Å². The maximum Gasteiger partial charge on any atom is 0.282 e. The van der Waals surface area contributed by atoms with E-state index in [1.54, 1.807) is 48.6 Å². The molecule has 0 aliphatic rings. The second kappa shape index (κ2) is 8.63. The summed E-state index contributed by atoms with van der Waals surface area (Å²) >= 11 is 3.37. The van der Waals surface area contributed by atoms with Crippen molar-refractivity contribution in [3.05, 3.63) is 106 Å². The van der Waals surface area contributed by atoms with Gasteiger partial charge in [-0.2, -0.15) is 12.8 Å². The van der Waals surface area contributed by atoms with Crippen molar-refractivity contribution >= 4 is 37.7 Å². The molecule has 0 atom stereocenters. The van der Waals surface area contributed by atoms with Crippen molar-refractivity contribution in [2.75, 3.05) is 0 Å². The van der Waals surface area contributed by atoms with Gasteiger partial charge in [-0.3, -0.25) is 0 Å². The van der Waals surface area contributed by atoms with Gasteiger partial charge >= 0.3 is 0 Å². The molecule has 0 heterocycles. The Morgan fingerprint density at radius 1 is 0.929 bits per heavy atom. The molecule has 0 saturated heterocycles. The second-order valence-corrected chi connectivity index (χ2v) is 8.68. The first kappa shape index (κ1) is 20.2. The number of sulfonamides is 1. The first-order chi connectivity index (χ1) is 13.3. The van der Waals surface area contributed by atoms with Gasteiger partial charge in [-0.15, -0.1) is 0 Å². The Bertz CT molecular complexity index is 1120. The largest absolute Gasteiger partial charge is 0.282 e. The van der Waals surface area contributed by atoms with Gasteiger partial charge in [0.1, 0.15) is 5.82 Å². The molecule has 0 radical (unpaired) electrons. The molecular weight excluding hydrogens is 441 g/mol. The van der Waals surface area contributed by atoms with Crippen LogP contribution in [0.15, 0.2) is 92.6 Å². The van der Waals surface area contributed by atoms with Gasteiger partial charge in [-0.25, -0.2) is 4.39 Å². The Hall–Kier alpha value is -2.57. The normalized spacial score (nSPS) is 12.5. The van der Waals surface area contributed by atoms with Gasteiger partial charge in [0.15, 0.2) is 0 Å². The molecule has 28 heavy (non-hydrogen) atoms. The number of halogens is 2. The van der Waals surface area contributed by atoms with E-state index in [1.807, 2.05) is 19.1 Å². The van der Waals surface area contributed by atoms with Crippen LogP contribution in [-0.4, -0.2) is 14.1 Å². The van der Waals surface area contributed by atoms with Crippen LogP contribution in [-0.2, 0) is 10.0 Å². The zero-order valence-electron chi connectivity index (χ0n) is 15.0. The van der Waals surface area contributed by atoms with E-state index in [1.165, 1.54) is 24.3 Å². The molecule has 0 amide bonds. The van der Waals surface area contributed by atoms with Crippen LogP contribution in [0.5, 0.6) is 0 Å². The van der Waals surface area contributed by atoms with E-state index in [9.17, 15) is 12.8 Å². The highest BCUT2D eigenvalue weighted by Crippen LogP contribution is 2.18. The van der Waals surface area contributed by atoms with Gasteiger partial charge in [0.25, 0.3) is 10.0 Å². The highest BCUT2D eigenvalue weighted by molar-refractivity contribution is 9.10. The molecule has 0 spiro atoms. The van der Waals surface area contributed by atoms with E-state index in [0.717, 1.165) is 15.6 Å². The molecule has 0 unspecified atom stereocenters. The lowest BCUT2D eigenvalue weighted by Gasteiger charge is -2.05. The van der Waals surface area contributed by atoms with Crippen LogP contribution in [0.4, 0.5) is 4.39 Å². The lowest BCUT2D eigenvalue weighted by atomic mass is 10.1. The summed E-state index contributed by atoms with van der Waals surface area (Å²) < 4.78 is 43.6. The number of rotatable bonds is 5. The minimum atomic E-state index is -3.88. The van der Waals surface area contributed by atoms with Gasteiger partial charge in [0.2, 0.25) is 0 Å². The molecule has 0 fully saturated rings. The predicted molar refractivity (Wildman–Crippen MR) is 114 cm³/mol. The van der Waals surface area contributed by atoms with Crippen LogP contribution in [0.3, 0.4) is 0 Å². The number of benzene rings is 3. The molecule has 6 heteroatoms. The van der Waals surface area contributed by atoms with E-state index in [2.05, 4.69) is 20.3 Å². The van der Waals surface area contributed by atoms with Crippen LogP contribution in [0.25, 0.3) is 6.08 Å². The fourth-order valence-electron chi connectivity index (χ4n) is 2.44. The van der Waals surface area contributed by atoms with Crippen LogP contribution < -0.4 is 0 Å². The van der Waals surface area contributed by atoms with Crippen molar-refractivity contribution in [3.8, 4) is 0 Å². The SMILES string of the molecule is Cc1ccc(S(=O)(=O)N=C(/C=C/c2ccc(F)cc2)c2ccc(Br)cc2)cc1. The third-order valence-corrected chi connectivity index (χ3v) is 5.81. The molecule has 3 aromatic rings. The summed E-state index contributed by atoms with van der Waals surface area (Å²) in [4.78, 5) is 0.128. The zero-order valence-corrected chi connectivity index (χ0v) is 17.4. The summed E-state index contributed by atoms with van der Waals surface area (Å²) in [6.45, 7) is 1.89. The maximum atomic E-state index is 13.1. The quantitative estimate of drug-likeness (QED) is 0.455. The van der Waals surface area contributed by atoms with Crippen molar-refractivity contribution in [1.29, 1.82) is 0 Å². The van der Waals surface area contributed by atoms with E-state index in [4.69, 9.17) is 0 Å². The van der Waals surface area contributed by atoms with E-state index < -0.39 is 10.0 Å². The molecule has 3 rings (SSSR count). The average Bonchev–Trinajstić information content (AvgIpc) is 2.67. The third-order valence-electron chi connectivity index (χ3n) is 3.98. The zero-order chi connectivity index (χ0) is 20.1. The fraction of sp³-hybridized carbons (Fsp3) is 0.0455. The standard InChI is InChI=1S/C22H17BrFNO2S/c1-16-2-13-21(14-3-16)28(26,27)25-22(18-7-9-19(23)10-8-18)15-6-17-4-11-20(24)12-5-17/h2-15H,1H3/b15-6+,25-22?. The number of allylic oxidation sites excluding steroid dienone is 1. The molecule has 0 aliphatic heterocycles. The summed E-state index contributed by atoms with van der Waals surface area (Å²) in [5.41, 5.74) is 2.64. The summed E-state index contributed by atoms with van der Waals surface area (Å²) in [5, 5.41) is 0. The number of aryl methyl sites for hydroxylation is 1. The molecule has 142 valence electrons. The Kier molecular flexibility index (Phi) is 6.21. The summed E-state index contributed by atoms with van der Waals surface area (Å²) in [7, 11) is -3.88. The number of hydrogen-bond acceptors (Lipinski definition) is 2. The minimum Gasteiger partial charge on any atom is -0.207 e. The van der Waals surface area contributed by atoms with Gasteiger partial charge < -0.3 is 0 Å². The Labute approximate surface area is 172 Å². The first-order valence-corrected chi connectivity index (χ1v) is 10.7. The highest BCUT2D eigenvalue weighted by atomic mass is 79.9. The lowest BCUT2D eigenvalue weighted by molar-refractivity contribution is 0.598. The fourth-order valence-corrected chi connectivity index (χ4v) is 3.72. The van der Waals surface area contributed by atoms with Crippen molar-refractivity contribution < 1.29 is 12.8 Å². The number of hydrogen-bond donors (Lipinski definition) is 0. The van der Waals surface area contributed by atoms with Crippen molar-refractivity contribution in [3.63, 3.8) is 0 Å². The van der Waals surface area contributed by atoms with Crippen LogP contribution >= 0.6 is 15.9 Å². The van der Waals surface area contributed by atoms with Gasteiger partial charge in [0, 0.05) is 10.0 Å². The smallest absolute Gasteiger partial charge is 0.207 e. The molecule has 0 aromatic heterocycles. The number of nitrogens with zero attached hydrogens (tertiary/aromatic N) is 1. The van der Waals surface area contributed by atoms with E-state index in [0.29, 0.717) is 5.56 Å². The molecule has 3 aromatic carbocycles. The van der Waals surface area contributed by atoms with E-state index >= 15 is 0 Å². The highest BCUT2D eigenvalue weighted by Gasteiger charge is 2.14. The topological polar surface area (TPSA) is 46.5 Å². The Balaban J connectivity index is 2.04. The van der Waals surface area contributed by atoms with E-state index in [-0.39, 0.29) is 16.4 Å². The first-order valence-electron chi connectivity index (χ1n) is 8.45. The molecule has 0 aliphatic carbocycles. The average molecular weight is 458 g/mol. The van der Waals surface area contributed by atoms with Gasteiger partial charge in [-0.1, -0.05) is 64.0 Å². The lowest BCUT2D eigenvalue weighted by Crippen LogP contribution is -2.04. The molecule has 0 saturated carbocycles. The molecule has 3 nitrogen and oxygen atoms in total. The van der Waals surface area contributed by atoms with Crippen molar-refractivity contribution in [2.45, 2.75) is 11.8 Å². The van der Waals surface area contributed by atoms with Crippen LogP contribution in [0.2, 0.25) is 0 Å². The minimum absolute atomic E-state index is 0.128. The molecular formula is C22H17BrFNO2S. The van der Waals surface area contributed by atoms with Crippen molar-refractivity contribution in [2.24, 2.45) is 4.40 Å². The second-order valence-electron chi connectivity index (χ2n) is 6.16. The molecule has 0 bridgehead atoms. The van der Waals surface area contributed by atoms with Crippen molar-refractivity contribution in [1.82, 2.24) is 0 Å². The monoisotopic (exact) mass is 457 g/mol. The van der Waals surface area contributed by atoms with Crippen LogP contribution in [0.1, 0.15) is 16.7 Å². The molecule has 0 N–H and O–H groups in total. The summed E-state index contributed by atoms with van der Waals surface area (Å²) in [6.07, 6.45) is 3.31.